The number of fused-ring (bicyclic) bond motifs is 1. The van der Waals surface area contributed by atoms with Crippen molar-refractivity contribution in [2.75, 3.05) is 0 Å². The first kappa shape index (κ1) is 16.6. The molecule has 128 valence electrons. The highest BCUT2D eigenvalue weighted by Crippen LogP contribution is 2.19. The average Bonchev–Trinajstić information content (AvgIpc) is 2.93. The Morgan fingerprint density at radius 1 is 1.04 bits per heavy atom. The average molecular weight is 336 g/mol. The molecule has 0 atom stereocenters. The van der Waals surface area contributed by atoms with Gasteiger partial charge in [0.05, 0.1) is 30.1 Å². The van der Waals surface area contributed by atoms with Gasteiger partial charge in [-0.3, -0.25) is 4.57 Å². The first-order valence-electron chi connectivity index (χ1n) is 8.00. The van der Waals surface area contributed by atoms with Crippen LogP contribution >= 0.6 is 0 Å². The number of para-hydroxylation sites is 1. The van der Waals surface area contributed by atoms with Gasteiger partial charge >= 0.3 is 5.69 Å². The molecule has 3 rings (SSSR count). The van der Waals surface area contributed by atoms with Crippen molar-refractivity contribution in [2.45, 2.75) is 19.3 Å². The lowest BCUT2D eigenvalue weighted by Crippen LogP contribution is -2.17. The Balaban J connectivity index is 1.97. The number of aromatic nitrogens is 2. The Morgan fingerprint density at radius 3 is 2.44 bits per heavy atom. The molecule has 0 amide bonds. The lowest BCUT2D eigenvalue weighted by Gasteiger charge is -2.16. The minimum absolute atomic E-state index is 0.142. The summed E-state index contributed by atoms with van der Waals surface area (Å²) in [4.78, 5) is 15.4. The monoisotopic (exact) mass is 336 g/mol. The van der Waals surface area contributed by atoms with Crippen LogP contribution in [-0.2, 0) is 22.4 Å². The zero-order valence-electron chi connectivity index (χ0n) is 13.9. The molecular weight excluding hydrogens is 316 g/mol. The van der Waals surface area contributed by atoms with Gasteiger partial charge in [-0.15, -0.1) is 0 Å². The number of benzene rings is 2. The van der Waals surface area contributed by atoms with Crippen LogP contribution < -0.4 is 5.69 Å². The van der Waals surface area contributed by atoms with E-state index in [2.05, 4.69) is 18.1 Å². The van der Waals surface area contributed by atoms with Gasteiger partial charge in [-0.1, -0.05) is 55.6 Å². The number of H-pyrrole nitrogens is 1. The van der Waals surface area contributed by atoms with E-state index in [4.69, 9.17) is 9.47 Å². The van der Waals surface area contributed by atoms with Gasteiger partial charge in [0.25, 0.3) is 0 Å². The highest BCUT2D eigenvalue weighted by atomic mass is 16.7. The van der Waals surface area contributed by atoms with E-state index >= 15 is 0 Å². The van der Waals surface area contributed by atoms with Crippen LogP contribution in [0.1, 0.15) is 11.1 Å². The maximum absolute atomic E-state index is 12.4. The smallest absolute Gasteiger partial charge is 0.326 e. The van der Waals surface area contributed by atoms with Crippen LogP contribution in [0.3, 0.4) is 0 Å². The molecule has 0 spiro atoms. The fraction of sp³-hybridized carbons (Fsp3) is 0.150. The summed E-state index contributed by atoms with van der Waals surface area (Å²) in [6, 6.07) is 15.7. The van der Waals surface area contributed by atoms with E-state index < -0.39 is 6.29 Å². The Bertz CT molecular complexity index is 915. The highest BCUT2D eigenvalue weighted by Gasteiger charge is 2.15. The van der Waals surface area contributed by atoms with Gasteiger partial charge in [0.1, 0.15) is 0 Å². The van der Waals surface area contributed by atoms with Crippen LogP contribution in [0.15, 0.2) is 79.0 Å². The second-order valence-electron chi connectivity index (χ2n) is 5.55. The van der Waals surface area contributed by atoms with E-state index in [0.29, 0.717) is 13.0 Å². The third kappa shape index (κ3) is 3.66. The fourth-order valence-electron chi connectivity index (χ4n) is 2.86. The number of aromatic amines is 1. The molecule has 0 radical (unpaired) electrons. The highest BCUT2D eigenvalue weighted by molar-refractivity contribution is 5.79. The molecule has 1 N–H and O–H groups in total. The van der Waals surface area contributed by atoms with E-state index in [1.807, 2.05) is 48.5 Å². The maximum Gasteiger partial charge on any atom is 0.326 e. The summed E-state index contributed by atoms with van der Waals surface area (Å²) in [5.41, 5.74) is 3.49. The van der Waals surface area contributed by atoms with Crippen molar-refractivity contribution < 1.29 is 9.47 Å². The summed E-state index contributed by atoms with van der Waals surface area (Å²) >= 11 is 0. The van der Waals surface area contributed by atoms with Crippen LogP contribution in [-0.4, -0.2) is 15.8 Å². The van der Waals surface area contributed by atoms with Crippen molar-refractivity contribution in [3.63, 3.8) is 0 Å². The third-order valence-corrected chi connectivity index (χ3v) is 3.96. The summed E-state index contributed by atoms with van der Waals surface area (Å²) < 4.78 is 12.4. The summed E-state index contributed by atoms with van der Waals surface area (Å²) in [5.74, 6) is 0. The minimum atomic E-state index is -0.540. The number of hydrogen-bond donors (Lipinski definition) is 1. The van der Waals surface area contributed by atoms with E-state index in [1.54, 1.807) is 4.57 Å². The second kappa shape index (κ2) is 7.57. The molecule has 2 aromatic carbocycles. The van der Waals surface area contributed by atoms with Crippen molar-refractivity contribution in [2.24, 2.45) is 0 Å². The molecule has 5 nitrogen and oxygen atoms in total. The largest absolute Gasteiger partial charge is 0.463 e. The molecule has 0 bridgehead atoms. The molecule has 0 saturated heterocycles. The van der Waals surface area contributed by atoms with Gasteiger partial charge in [-0.2, -0.15) is 0 Å². The van der Waals surface area contributed by atoms with Crippen molar-refractivity contribution in [3.8, 4) is 0 Å². The second-order valence-corrected chi connectivity index (χ2v) is 5.55. The molecule has 0 fully saturated rings. The maximum atomic E-state index is 12.4. The van der Waals surface area contributed by atoms with Crippen LogP contribution in [0.4, 0.5) is 0 Å². The zero-order valence-corrected chi connectivity index (χ0v) is 13.9. The lowest BCUT2D eigenvalue weighted by atomic mass is 10.1. The first-order chi connectivity index (χ1) is 12.2. The molecule has 1 heterocycles. The van der Waals surface area contributed by atoms with Crippen LogP contribution in [0.5, 0.6) is 0 Å². The fourth-order valence-corrected chi connectivity index (χ4v) is 2.86. The third-order valence-electron chi connectivity index (χ3n) is 3.96. The van der Waals surface area contributed by atoms with Crippen LogP contribution in [0.2, 0.25) is 0 Å². The molecule has 0 aliphatic heterocycles. The zero-order chi connectivity index (χ0) is 17.6. The molecule has 0 unspecified atom stereocenters. The number of hydrogen-bond acceptors (Lipinski definition) is 3. The van der Waals surface area contributed by atoms with Gasteiger partial charge in [0, 0.05) is 6.42 Å². The number of rotatable bonds is 8. The molecular formula is C20H20N2O3. The number of nitrogens with zero attached hydrogens (tertiary/aromatic N) is 1. The van der Waals surface area contributed by atoms with Gasteiger partial charge < -0.3 is 14.5 Å². The number of nitrogens with one attached hydrogen (secondary N) is 1. The molecule has 0 saturated carbocycles. The molecule has 5 heteroatoms. The number of ether oxygens (including phenoxy) is 2. The predicted molar refractivity (Wildman–Crippen MR) is 98.2 cm³/mol. The van der Waals surface area contributed by atoms with E-state index in [0.717, 1.165) is 22.2 Å². The molecule has 0 aliphatic rings. The Labute approximate surface area is 145 Å². The number of imidazole rings is 1. The van der Waals surface area contributed by atoms with E-state index in [-0.39, 0.29) is 5.69 Å². The van der Waals surface area contributed by atoms with Crippen LogP contribution in [0.25, 0.3) is 11.0 Å². The standard InChI is InChI=1S/C20H20N2O3/c1-3-24-18(25-4-2)13-16-11-8-12-17-19(16)21-20(23)22(17)14-15-9-6-5-7-10-15/h3-12,18H,1-2,13-14H2,(H,21,23). The topological polar surface area (TPSA) is 56.2 Å². The van der Waals surface area contributed by atoms with Gasteiger partial charge in [-0.05, 0) is 17.2 Å². The Morgan fingerprint density at radius 2 is 1.76 bits per heavy atom. The Kier molecular flexibility index (Phi) is 5.04. The van der Waals surface area contributed by atoms with Crippen molar-refractivity contribution >= 4 is 11.0 Å². The minimum Gasteiger partial charge on any atom is -0.463 e. The summed E-state index contributed by atoms with van der Waals surface area (Å²) in [6.07, 6.45) is 2.58. The van der Waals surface area contributed by atoms with Gasteiger partial charge in [-0.25, -0.2) is 4.79 Å². The van der Waals surface area contributed by atoms with Gasteiger partial charge in [0.15, 0.2) is 0 Å². The van der Waals surface area contributed by atoms with E-state index in [1.165, 1.54) is 12.5 Å². The summed E-state index contributed by atoms with van der Waals surface area (Å²) in [6.45, 7) is 7.62. The van der Waals surface area contributed by atoms with Gasteiger partial charge in [0.2, 0.25) is 6.29 Å². The summed E-state index contributed by atoms with van der Waals surface area (Å²) in [5, 5.41) is 0. The van der Waals surface area contributed by atoms with E-state index in [9.17, 15) is 4.79 Å². The lowest BCUT2D eigenvalue weighted by molar-refractivity contribution is -0.0587. The predicted octanol–water partition coefficient (Wildman–Crippen LogP) is 3.57. The molecule has 25 heavy (non-hydrogen) atoms. The SMILES string of the molecule is C=COC(Cc1cccc2c1[nH]c(=O)n2Cc1ccccc1)OC=C. The van der Waals surface area contributed by atoms with Crippen molar-refractivity contribution in [3.05, 3.63) is 95.8 Å². The quantitative estimate of drug-likeness (QED) is 0.505. The molecule has 3 aromatic rings. The molecule has 0 aliphatic carbocycles. The van der Waals surface area contributed by atoms with Crippen molar-refractivity contribution in [1.82, 2.24) is 9.55 Å². The first-order valence-corrected chi connectivity index (χ1v) is 8.00. The summed E-state index contributed by atoms with van der Waals surface area (Å²) in [7, 11) is 0. The normalized spacial score (nSPS) is 10.8. The molecule has 1 aromatic heterocycles. The Hall–Kier alpha value is -3.21. The van der Waals surface area contributed by atoms with Crippen molar-refractivity contribution in [1.29, 1.82) is 0 Å². The van der Waals surface area contributed by atoms with Crippen LogP contribution in [0, 0.1) is 0 Å².